The zero-order chi connectivity index (χ0) is 11.4. The summed E-state index contributed by atoms with van der Waals surface area (Å²) in [5.74, 6) is 0.675. The average molecular weight is 223 g/mol. The van der Waals surface area contributed by atoms with E-state index >= 15 is 0 Å². The molecule has 1 heterocycles. The predicted octanol–water partition coefficient (Wildman–Crippen LogP) is 2.89. The van der Waals surface area contributed by atoms with E-state index in [9.17, 15) is 0 Å². The summed E-state index contributed by atoms with van der Waals surface area (Å²) in [5, 5.41) is 3.52. The third-order valence-electron chi connectivity index (χ3n) is 4.15. The van der Waals surface area contributed by atoms with Crippen LogP contribution < -0.4 is 5.32 Å². The van der Waals surface area contributed by atoms with E-state index in [1.54, 1.807) is 5.57 Å². The van der Waals surface area contributed by atoms with Crippen LogP contribution in [0.15, 0.2) is 11.6 Å². The standard InChI is InChI=1S/C14H25NO/c1-11-13(9-10-16-11)14(15-2)12-7-5-3-4-6-8-12/h7,11,13-15H,3-6,8-10H2,1-2H3. The number of nitrogens with one attached hydrogen (secondary N) is 1. The van der Waals surface area contributed by atoms with Gasteiger partial charge in [-0.25, -0.2) is 0 Å². The topological polar surface area (TPSA) is 21.3 Å². The second-order valence-electron chi connectivity index (χ2n) is 5.17. The Labute approximate surface area is 99.4 Å². The number of likely N-dealkylation sites (N-methyl/N-ethyl adjacent to an activating group) is 1. The van der Waals surface area contributed by atoms with Gasteiger partial charge in [0.05, 0.1) is 6.10 Å². The summed E-state index contributed by atoms with van der Waals surface area (Å²) in [7, 11) is 2.10. The highest BCUT2D eigenvalue weighted by atomic mass is 16.5. The molecule has 0 amide bonds. The van der Waals surface area contributed by atoms with Crippen molar-refractivity contribution in [3.8, 4) is 0 Å². The van der Waals surface area contributed by atoms with Crippen molar-refractivity contribution in [2.24, 2.45) is 5.92 Å². The van der Waals surface area contributed by atoms with Gasteiger partial charge in [-0.3, -0.25) is 0 Å². The average Bonchev–Trinajstić information content (AvgIpc) is 2.57. The van der Waals surface area contributed by atoms with E-state index in [1.165, 1.54) is 38.5 Å². The van der Waals surface area contributed by atoms with Gasteiger partial charge >= 0.3 is 0 Å². The summed E-state index contributed by atoms with van der Waals surface area (Å²) in [6.45, 7) is 3.16. The minimum absolute atomic E-state index is 0.418. The summed E-state index contributed by atoms with van der Waals surface area (Å²) in [5.41, 5.74) is 1.64. The quantitative estimate of drug-likeness (QED) is 0.743. The number of allylic oxidation sites excluding steroid dienone is 1. The number of hydrogen-bond donors (Lipinski definition) is 1. The molecular weight excluding hydrogens is 198 g/mol. The maximum absolute atomic E-state index is 5.70. The summed E-state index contributed by atoms with van der Waals surface area (Å²) in [6, 6.07) is 0.551. The zero-order valence-electron chi connectivity index (χ0n) is 10.7. The highest BCUT2D eigenvalue weighted by molar-refractivity contribution is 5.15. The maximum atomic E-state index is 5.70. The van der Waals surface area contributed by atoms with Gasteiger partial charge in [0.25, 0.3) is 0 Å². The van der Waals surface area contributed by atoms with Crippen molar-refractivity contribution in [1.29, 1.82) is 0 Å². The van der Waals surface area contributed by atoms with Crippen LogP contribution in [0.2, 0.25) is 0 Å². The van der Waals surface area contributed by atoms with Crippen molar-refractivity contribution < 1.29 is 4.74 Å². The highest BCUT2D eigenvalue weighted by Crippen LogP contribution is 2.31. The van der Waals surface area contributed by atoms with Crippen LogP contribution >= 0.6 is 0 Å². The molecule has 1 aliphatic heterocycles. The van der Waals surface area contributed by atoms with Gasteiger partial charge in [0, 0.05) is 18.6 Å². The Kier molecular flexibility index (Phi) is 4.42. The first-order chi connectivity index (χ1) is 7.83. The second-order valence-corrected chi connectivity index (χ2v) is 5.17. The molecule has 0 radical (unpaired) electrons. The molecule has 2 aliphatic rings. The van der Waals surface area contributed by atoms with Crippen LogP contribution in [0.1, 0.15) is 45.4 Å². The lowest BCUT2D eigenvalue weighted by molar-refractivity contribution is 0.0993. The molecule has 0 aromatic carbocycles. The summed E-state index contributed by atoms with van der Waals surface area (Å²) >= 11 is 0. The highest BCUT2D eigenvalue weighted by Gasteiger charge is 2.32. The van der Waals surface area contributed by atoms with E-state index in [1.807, 2.05) is 0 Å². The number of rotatable bonds is 3. The third kappa shape index (κ3) is 2.67. The Morgan fingerprint density at radius 2 is 2.25 bits per heavy atom. The molecule has 2 heteroatoms. The lowest BCUT2D eigenvalue weighted by Gasteiger charge is -2.28. The van der Waals surface area contributed by atoms with Gasteiger partial charge < -0.3 is 10.1 Å². The van der Waals surface area contributed by atoms with Gasteiger partial charge in [-0.1, -0.05) is 18.1 Å². The Balaban J connectivity index is 2.05. The van der Waals surface area contributed by atoms with Crippen LogP contribution in [-0.4, -0.2) is 25.8 Å². The van der Waals surface area contributed by atoms with Gasteiger partial charge in [0.15, 0.2) is 0 Å². The molecule has 0 saturated carbocycles. The molecule has 2 nitrogen and oxygen atoms in total. The molecule has 1 saturated heterocycles. The Bertz CT molecular complexity index is 249. The van der Waals surface area contributed by atoms with Crippen LogP contribution in [0, 0.1) is 5.92 Å². The van der Waals surface area contributed by atoms with Gasteiger partial charge in [0.2, 0.25) is 0 Å². The van der Waals surface area contributed by atoms with Crippen LogP contribution in [0.4, 0.5) is 0 Å². The van der Waals surface area contributed by atoms with Crippen molar-refractivity contribution in [2.75, 3.05) is 13.7 Å². The SMILES string of the molecule is CNC(C1=CCCCCC1)C1CCOC1C. The van der Waals surface area contributed by atoms with E-state index in [4.69, 9.17) is 4.74 Å². The van der Waals surface area contributed by atoms with Crippen molar-refractivity contribution >= 4 is 0 Å². The van der Waals surface area contributed by atoms with E-state index in [0.717, 1.165) is 6.61 Å². The predicted molar refractivity (Wildman–Crippen MR) is 67.5 cm³/mol. The molecule has 0 aromatic heterocycles. The lowest BCUT2D eigenvalue weighted by Crippen LogP contribution is -2.38. The molecule has 0 spiro atoms. The van der Waals surface area contributed by atoms with Crippen LogP contribution in [0.25, 0.3) is 0 Å². The van der Waals surface area contributed by atoms with Gasteiger partial charge in [0.1, 0.15) is 0 Å². The number of ether oxygens (including phenoxy) is 1. The minimum Gasteiger partial charge on any atom is -0.378 e. The van der Waals surface area contributed by atoms with Gasteiger partial charge in [-0.2, -0.15) is 0 Å². The molecule has 3 atom stereocenters. The largest absolute Gasteiger partial charge is 0.378 e. The first-order valence-corrected chi connectivity index (χ1v) is 6.80. The van der Waals surface area contributed by atoms with Crippen LogP contribution in [-0.2, 0) is 4.74 Å². The smallest absolute Gasteiger partial charge is 0.0594 e. The summed E-state index contributed by atoms with van der Waals surface area (Å²) in [4.78, 5) is 0. The molecule has 16 heavy (non-hydrogen) atoms. The fraction of sp³-hybridized carbons (Fsp3) is 0.857. The molecule has 0 aromatic rings. The van der Waals surface area contributed by atoms with Crippen molar-refractivity contribution in [1.82, 2.24) is 5.32 Å². The monoisotopic (exact) mass is 223 g/mol. The summed E-state index contributed by atoms with van der Waals surface area (Å²) in [6.07, 6.45) is 10.8. The molecule has 0 bridgehead atoms. The molecule has 92 valence electrons. The van der Waals surface area contributed by atoms with E-state index in [-0.39, 0.29) is 0 Å². The molecular formula is C14H25NO. The first kappa shape index (κ1) is 12.1. The van der Waals surface area contributed by atoms with Crippen molar-refractivity contribution in [3.05, 3.63) is 11.6 Å². The second kappa shape index (κ2) is 5.83. The molecule has 3 unspecified atom stereocenters. The Morgan fingerprint density at radius 3 is 2.94 bits per heavy atom. The molecule has 1 N–H and O–H groups in total. The number of hydrogen-bond acceptors (Lipinski definition) is 2. The summed E-state index contributed by atoms with van der Waals surface area (Å²) < 4.78 is 5.70. The third-order valence-corrected chi connectivity index (χ3v) is 4.15. The minimum atomic E-state index is 0.418. The fourth-order valence-electron chi connectivity index (χ4n) is 3.18. The van der Waals surface area contributed by atoms with Crippen molar-refractivity contribution in [2.45, 2.75) is 57.6 Å². The molecule has 2 rings (SSSR count). The van der Waals surface area contributed by atoms with Crippen molar-refractivity contribution in [3.63, 3.8) is 0 Å². The van der Waals surface area contributed by atoms with Gasteiger partial charge in [-0.15, -0.1) is 0 Å². The van der Waals surface area contributed by atoms with Crippen LogP contribution in [0.5, 0.6) is 0 Å². The van der Waals surface area contributed by atoms with E-state index < -0.39 is 0 Å². The maximum Gasteiger partial charge on any atom is 0.0594 e. The molecule has 1 fully saturated rings. The first-order valence-electron chi connectivity index (χ1n) is 6.80. The zero-order valence-corrected chi connectivity index (χ0v) is 10.7. The van der Waals surface area contributed by atoms with E-state index in [0.29, 0.717) is 18.1 Å². The van der Waals surface area contributed by atoms with E-state index in [2.05, 4.69) is 25.4 Å². The van der Waals surface area contributed by atoms with Gasteiger partial charge in [-0.05, 0) is 46.1 Å². The van der Waals surface area contributed by atoms with Crippen LogP contribution in [0.3, 0.4) is 0 Å². The normalized spacial score (nSPS) is 33.2. The fourth-order valence-corrected chi connectivity index (χ4v) is 3.18. The Morgan fingerprint density at radius 1 is 1.38 bits per heavy atom. The Hall–Kier alpha value is -0.340. The molecule has 1 aliphatic carbocycles. The lowest BCUT2D eigenvalue weighted by atomic mass is 9.86.